The average Bonchev–Trinajstić information content (AvgIpc) is 3.35. The summed E-state index contributed by atoms with van der Waals surface area (Å²) in [7, 11) is 1.70. The molecule has 0 unspecified atom stereocenters. The second-order valence-electron chi connectivity index (χ2n) is 9.30. The molecular formula is C27H29N3O2. The standard InChI is InChI=1S/C27H29N3O2/c1-32-20-11-12-24-23(18-20)28-27(25-10-5-15-30(24)25)13-16-29(17-14-27)26(31)22-9-4-7-19-6-2-3-8-21(19)22/h4-5,7,9-12,15,18,28H,2-3,6,8,13-14,16-17H2,1H3. The molecule has 0 bridgehead atoms. The number of ether oxygens (including phenoxy) is 1. The van der Waals surface area contributed by atoms with Gasteiger partial charge in [0.15, 0.2) is 0 Å². The normalized spacial score (nSPS) is 18.3. The number of rotatable bonds is 2. The number of benzene rings is 2. The highest BCUT2D eigenvalue weighted by molar-refractivity contribution is 5.96. The van der Waals surface area contributed by atoms with Crippen LogP contribution >= 0.6 is 0 Å². The van der Waals surface area contributed by atoms with Crippen molar-refractivity contribution in [3.8, 4) is 11.4 Å². The Morgan fingerprint density at radius 1 is 1.03 bits per heavy atom. The summed E-state index contributed by atoms with van der Waals surface area (Å²) in [4.78, 5) is 15.6. The lowest BCUT2D eigenvalue weighted by Crippen LogP contribution is -2.51. The topological polar surface area (TPSA) is 46.5 Å². The number of carbonyl (C=O) groups excluding carboxylic acids is 1. The molecule has 0 saturated carbocycles. The van der Waals surface area contributed by atoms with E-state index in [4.69, 9.17) is 4.74 Å². The van der Waals surface area contributed by atoms with E-state index in [1.54, 1.807) is 7.11 Å². The second-order valence-corrected chi connectivity index (χ2v) is 9.30. The number of hydrogen-bond acceptors (Lipinski definition) is 3. The number of aryl methyl sites for hydroxylation is 1. The molecule has 1 amide bonds. The van der Waals surface area contributed by atoms with Gasteiger partial charge in [0.2, 0.25) is 0 Å². The number of hydrogen-bond donors (Lipinski definition) is 1. The summed E-state index contributed by atoms with van der Waals surface area (Å²) in [6.45, 7) is 1.50. The van der Waals surface area contributed by atoms with E-state index in [0.717, 1.165) is 61.5 Å². The molecule has 1 aromatic heterocycles. The zero-order chi connectivity index (χ0) is 21.7. The van der Waals surface area contributed by atoms with Gasteiger partial charge in [-0.3, -0.25) is 4.79 Å². The van der Waals surface area contributed by atoms with Crippen LogP contribution in [-0.2, 0) is 18.4 Å². The third-order valence-electron chi connectivity index (χ3n) is 7.61. The van der Waals surface area contributed by atoms with E-state index in [0.29, 0.717) is 0 Å². The number of piperidine rings is 1. The van der Waals surface area contributed by atoms with Crippen LogP contribution in [0.25, 0.3) is 5.69 Å². The second kappa shape index (κ2) is 7.44. The van der Waals surface area contributed by atoms with Crippen molar-refractivity contribution in [2.75, 3.05) is 25.5 Å². The summed E-state index contributed by atoms with van der Waals surface area (Å²) in [5.41, 5.74) is 6.92. The highest BCUT2D eigenvalue weighted by atomic mass is 16.5. The number of nitrogens with zero attached hydrogens (tertiary/aromatic N) is 2. The third-order valence-corrected chi connectivity index (χ3v) is 7.61. The van der Waals surface area contributed by atoms with Gasteiger partial charge in [-0.25, -0.2) is 0 Å². The van der Waals surface area contributed by atoms with Crippen molar-refractivity contribution in [1.82, 2.24) is 9.47 Å². The molecule has 32 heavy (non-hydrogen) atoms. The fourth-order valence-electron chi connectivity index (χ4n) is 5.88. The smallest absolute Gasteiger partial charge is 0.254 e. The number of aromatic nitrogens is 1. The van der Waals surface area contributed by atoms with E-state index in [1.165, 1.54) is 29.7 Å². The molecule has 2 aromatic carbocycles. The highest BCUT2D eigenvalue weighted by Crippen LogP contribution is 2.44. The van der Waals surface area contributed by atoms with E-state index in [2.05, 4.69) is 57.4 Å². The maximum absolute atomic E-state index is 13.5. The summed E-state index contributed by atoms with van der Waals surface area (Å²) in [5.74, 6) is 1.05. The van der Waals surface area contributed by atoms with Gasteiger partial charge in [0.1, 0.15) is 5.75 Å². The molecule has 0 atom stereocenters. The predicted molar refractivity (Wildman–Crippen MR) is 126 cm³/mol. The summed E-state index contributed by atoms with van der Waals surface area (Å²) >= 11 is 0. The number of amides is 1. The lowest BCUT2D eigenvalue weighted by atomic mass is 9.81. The first-order valence-electron chi connectivity index (χ1n) is 11.7. The van der Waals surface area contributed by atoms with Crippen molar-refractivity contribution in [2.24, 2.45) is 0 Å². The Labute approximate surface area is 189 Å². The van der Waals surface area contributed by atoms with Gasteiger partial charge < -0.3 is 19.5 Å². The monoisotopic (exact) mass is 427 g/mol. The van der Waals surface area contributed by atoms with Crippen LogP contribution in [0.5, 0.6) is 5.75 Å². The Balaban J connectivity index is 1.27. The molecule has 3 heterocycles. The minimum Gasteiger partial charge on any atom is -0.497 e. The molecule has 1 aliphatic carbocycles. The number of carbonyl (C=O) groups is 1. The predicted octanol–water partition coefficient (Wildman–Crippen LogP) is 4.92. The van der Waals surface area contributed by atoms with Crippen molar-refractivity contribution in [3.05, 3.63) is 77.1 Å². The van der Waals surface area contributed by atoms with Gasteiger partial charge in [0.05, 0.1) is 24.0 Å². The van der Waals surface area contributed by atoms with Crippen LogP contribution < -0.4 is 10.1 Å². The number of fused-ring (bicyclic) bond motifs is 5. The van der Waals surface area contributed by atoms with E-state index in [9.17, 15) is 4.79 Å². The highest BCUT2D eigenvalue weighted by Gasteiger charge is 2.42. The van der Waals surface area contributed by atoms with Crippen molar-refractivity contribution in [1.29, 1.82) is 0 Å². The quantitative estimate of drug-likeness (QED) is 0.631. The largest absolute Gasteiger partial charge is 0.497 e. The van der Waals surface area contributed by atoms with Crippen molar-refractivity contribution in [2.45, 2.75) is 44.1 Å². The zero-order valence-corrected chi connectivity index (χ0v) is 18.6. The molecule has 0 radical (unpaired) electrons. The zero-order valence-electron chi connectivity index (χ0n) is 18.6. The van der Waals surface area contributed by atoms with Crippen LogP contribution in [-0.4, -0.2) is 35.6 Å². The molecule has 1 spiro atoms. The van der Waals surface area contributed by atoms with Crippen LogP contribution in [0.3, 0.4) is 0 Å². The minimum absolute atomic E-state index is 0.171. The van der Waals surface area contributed by atoms with Gasteiger partial charge in [-0.15, -0.1) is 0 Å². The molecule has 1 saturated heterocycles. The maximum atomic E-state index is 13.5. The van der Waals surface area contributed by atoms with Crippen LogP contribution in [0.2, 0.25) is 0 Å². The van der Waals surface area contributed by atoms with Crippen LogP contribution in [0.15, 0.2) is 54.7 Å². The molecule has 1 fully saturated rings. The molecule has 1 N–H and O–H groups in total. The molecule has 3 aliphatic rings. The first kappa shape index (κ1) is 19.5. The molecular weight excluding hydrogens is 398 g/mol. The fraction of sp³-hybridized carbons (Fsp3) is 0.370. The number of anilines is 1. The van der Waals surface area contributed by atoms with Crippen LogP contribution in [0, 0.1) is 0 Å². The van der Waals surface area contributed by atoms with Gasteiger partial charge in [-0.05, 0) is 80.0 Å². The lowest BCUT2D eigenvalue weighted by molar-refractivity contribution is 0.0675. The van der Waals surface area contributed by atoms with E-state index in [-0.39, 0.29) is 11.4 Å². The van der Waals surface area contributed by atoms with Gasteiger partial charge in [0, 0.05) is 36.6 Å². The summed E-state index contributed by atoms with van der Waals surface area (Å²) in [5, 5.41) is 3.84. The summed E-state index contributed by atoms with van der Waals surface area (Å²) in [6.07, 6.45) is 8.45. The third kappa shape index (κ3) is 2.94. The summed E-state index contributed by atoms with van der Waals surface area (Å²) in [6, 6.07) is 16.8. The minimum atomic E-state index is -0.171. The van der Waals surface area contributed by atoms with Crippen LogP contribution in [0.4, 0.5) is 5.69 Å². The number of methoxy groups -OCH3 is 1. The average molecular weight is 428 g/mol. The Kier molecular flexibility index (Phi) is 4.53. The Hall–Kier alpha value is -3.21. The van der Waals surface area contributed by atoms with Gasteiger partial charge in [0.25, 0.3) is 5.91 Å². The van der Waals surface area contributed by atoms with E-state index in [1.807, 2.05) is 12.1 Å². The first-order chi connectivity index (χ1) is 15.7. The SMILES string of the molecule is COc1ccc2c(c1)NC1(CCN(C(=O)c3cccc4c3CCCC4)CC1)c1cccn1-2. The maximum Gasteiger partial charge on any atom is 0.254 e. The van der Waals surface area contributed by atoms with Gasteiger partial charge in [-0.2, -0.15) is 0 Å². The number of likely N-dealkylation sites (tertiary alicyclic amines) is 1. The Bertz CT molecular complexity index is 1190. The number of nitrogens with one attached hydrogen (secondary N) is 1. The molecule has 2 aliphatic heterocycles. The van der Waals surface area contributed by atoms with Crippen molar-refractivity contribution in [3.63, 3.8) is 0 Å². The lowest BCUT2D eigenvalue weighted by Gasteiger charge is -2.46. The Morgan fingerprint density at radius 3 is 2.72 bits per heavy atom. The van der Waals surface area contributed by atoms with Crippen molar-refractivity contribution >= 4 is 11.6 Å². The molecule has 5 heteroatoms. The first-order valence-corrected chi connectivity index (χ1v) is 11.7. The van der Waals surface area contributed by atoms with Gasteiger partial charge in [-0.1, -0.05) is 12.1 Å². The fourth-order valence-corrected chi connectivity index (χ4v) is 5.88. The Morgan fingerprint density at radius 2 is 1.88 bits per heavy atom. The molecule has 5 nitrogen and oxygen atoms in total. The van der Waals surface area contributed by atoms with Crippen LogP contribution in [0.1, 0.15) is 52.9 Å². The van der Waals surface area contributed by atoms with Crippen molar-refractivity contribution < 1.29 is 9.53 Å². The van der Waals surface area contributed by atoms with E-state index < -0.39 is 0 Å². The summed E-state index contributed by atoms with van der Waals surface area (Å²) < 4.78 is 7.75. The van der Waals surface area contributed by atoms with E-state index >= 15 is 0 Å². The molecule has 6 rings (SSSR count). The molecule has 164 valence electrons. The van der Waals surface area contributed by atoms with Gasteiger partial charge >= 0.3 is 0 Å². The molecule has 3 aromatic rings.